The van der Waals surface area contributed by atoms with E-state index in [1.807, 2.05) is 32.0 Å². The van der Waals surface area contributed by atoms with Crippen molar-refractivity contribution < 1.29 is 17.6 Å². The molecule has 1 aliphatic heterocycles. The van der Waals surface area contributed by atoms with E-state index >= 15 is 0 Å². The zero-order valence-electron chi connectivity index (χ0n) is 19.8. The second-order valence-corrected chi connectivity index (χ2v) is 11.1. The molecule has 0 aliphatic carbocycles. The third-order valence-electron chi connectivity index (χ3n) is 6.26. The SMILES string of the molecule is Cc1cccc(N2CCN(S(=O)(=O)c3ccc(F)c(C(=O)Nc4cccc(Cl)c4C)c3)C[C@@H]2C)c1. The zero-order chi connectivity index (χ0) is 25.3. The molecule has 1 N–H and O–H groups in total. The Morgan fingerprint density at radius 2 is 1.80 bits per heavy atom. The first kappa shape index (κ1) is 25.2. The quantitative estimate of drug-likeness (QED) is 0.504. The predicted molar refractivity (Wildman–Crippen MR) is 137 cm³/mol. The van der Waals surface area contributed by atoms with Crippen LogP contribution < -0.4 is 10.2 Å². The fourth-order valence-corrected chi connectivity index (χ4v) is 5.97. The van der Waals surface area contributed by atoms with Gasteiger partial charge in [0, 0.05) is 42.1 Å². The van der Waals surface area contributed by atoms with Crippen LogP contribution in [0.4, 0.5) is 15.8 Å². The Kier molecular flexibility index (Phi) is 7.17. The molecule has 1 saturated heterocycles. The molecular weight excluding hydrogens is 489 g/mol. The van der Waals surface area contributed by atoms with Gasteiger partial charge in [0.25, 0.3) is 5.91 Å². The molecule has 4 rings (SSSR count). The fourth-order valence-electron chi connectivity index (χ4n) is 4.25. The number of nitrogens with one attached hydrogen (secondary N) is 1. The highest BCUT2D eigenvalue weighted by atomic mass is 35.5. The summed E-state index contributed by atoms with van der Waals surface area (Å²) < 4.78 is 42.8. The topological polar surface area (TPSA) is 69.7 Å². The Morgan fingerprint density at radius 1 is 1.06 bits per heavy atom. The Bertz CT molecular complexity index is 1380. The van der Waals surface area contributed by atoms with E-state index in [0.717, 1.165) is 23.4 Å². The summed E-state index contributed by atoms with van der Waals surface area (Å²) in [5.41, 5.74) is 2.89. The maximum Gasteiger partial charge on any atom is 0.258 e. The van der Waals surface area contributed by atoms with Crippen molar-refractivity contribution in [1.29, 1.82) is 0 Å². The highest BCUT2D eigenvalue weighted by Gasteiger charge is 2.33. The minimum atomic E-state index is -3.93. The van der Waals surface area contributed by atoms with Gasteiger partial charge in [-0.05, 0) is 74.4 Å². The molecule has 0 saturated carbocycles. The number of benzene rings is 3. The van der Waals surface area contributed by atoms with E-state index < -0.39 is 21.7 Å². The molecule has 184 valence electrons. The summed E-state index contributed by atoms with van der Waals surface area (Å²) in [6, 6.07) is 16.3. The van der Waals surface area contributed by atoms with E-state index in [9.17, 15) is 17.6 Å². The molecule has 9 heteroatoms. The van der Waals surface area contributed by atoms with E-state index in [2.05, 4.69) is 16.3 Å². The number of hydrogen-bond acceptors (Lipinski definition) is 4. The molecule has 1 amide bonds. The number of aryl methyl sites for hydroxylation is 1. The molecule has 0 radical (unpaired) electrons. The number of halogens is 2. The summed E-state index contributed by atoms with van der Waals surface area (Å²) in [5, 5.41) is 3.08. The van der Waals surface area contributed by atoms with Gasteiger partial charge in [0.05, 0.1) is 10.5 Å². The maximum atomic E-state index is 14.6. The number of nitrogens with zero attached hydrogens (tertiary/aromatic N) is 2. The van der Waals surface area contributed by atoms with Gasteiger partial charge in [-0.2, -0.15) is 4.31 Å². The van der Waals surface area contributed by atoms with E-state index in [1.54, 1.807) is 25.1 Å². The van der Waals surface area contributed by atoms with Gasteiger partial charge in [0.15, 0.2) is 0 Å². The molecule has 1 heterocycles. The number of rotatable bonds is 5. The summed E-state index contributed by atoms with van der Waals surface area (Å²) in [7, 11) is -3.93. The molecule has 0 unspecified atom stereocenters. The van der Waals surface area contributed by atoms with Crippen LogP contribution in [0.25, 0.3) is 0 Å². The lowest BCUT2D eigenvalue weighted by molar-refractivity contribution is 0.102. The van der Waals surface area contributed by atoms with E-state index in [0.29, 0.717) is 22.8 Å². The first-order chi connectivity index (χ1) is 16.6. The average molecular weight is 516 g/mol. The third kappa shape index (κ3) is 5.19. The van der Waals surface area contributed by atoms with Crippen LogP contribution in [0.2, 0.25) is 5.02 Å². The number of amides is 1. The van der Waals surface area contributed by atoms with Crippen LogP contribution in [0.15, 0.2) is 65.6 Å². The number of anilines is 2. The molecule has 0 bridgehead atoms. The molecule has 1 aliphatic rings. The maximum absolute atomic E-state index is 14.6. The molecule has 35 heavy (non-hydrogen) atoms. The van der Waals surface area contributed by atoms with Crippen molar-refractivity contribution in [3.63, 3.8) is 0 Å². The summed E-state index contributed by atoms with van der Waals surface area (Å²) in [5.74, 6) is -1.55. The van der Waals surface area contributed by atoms with Gasteiger partial charge in [-0.15, -0.1) is 0 Å². The third-order valence-corrected chi connectivity index (χ3v) is 8.53. The van der Waals surface area contributed by atoms with Crippen molar-refractivity contribution in [2.24, 2.45) is 0 Å². The summed E-state index contributed by atoms with van der Waals surface area (Å²) in [4.78, 5) is 14.9. The molecule has 6 nitrogen and oxygen atoms in total. The van der Waals surface area contributed by atoms with E-state index in [4.69, 9.17) is 11.6 Å². The van der Waals surface area contributed by atoms with E-state index in [-0.39, 0.29) is 29.6 Å². The average Bonchev–Trinajstić information content (AvgIpc) is 2.82. The van der Waals surface area contributed by atoms with Crippen LogP contribution in [0, 0.1) is 19.7 Å². The number of carbonyl (C=O) groups is 1. The predicted octanol–water partition coefficient (Wildman–Crippen LogP) is 5.25. The highest BCUT2D eigenvalue weighted by Crippen LogP contribution is 2.27. The molecule has 3 aromatic rings. The largest absolute Gasteiger partial charge is 0.366 e. The Labute approximate surface area is 210 Å². The molecule has 0 spiro atoms. The van der Waals surface area contributed by atoms with Crippen molar-refractivity contribution in [3.05, 3.63) is 88.2 Å². The van der Waals surface area contributed by atoms with Crippen molar-refractivity contribution in [2.75, 3.05) is 29.9 Å². The lowest BCUT2D eigenvalue weighted by atomic mass is 10.1. The van der Waals surface area contributed by atoms with Crippen LogP contribution >= 0.6 is 11.6 Å². The van der Waals surface area contributed by atoms with Gasteiger partial charge in [-0.1, -0.05) is 29.8 Å². The second-order valence-electron chi connectivity index (χ2n) is 8.75. The number of hydrogen-bond donors (Lipinski definition) is 1. The van der Waals surface area contributed by atoms with Crippen LogP contribution in [-0.2, 0) is 10.0 Å². The summed E-state index contributed by atoms with van der Waals surface area (Å²) in [6.07, 6.45) is 0. The van der Waals surface area contributed by atoms with Gasteiger partial charge >= 0.3 is 0 Å². The van der Waals surface area contributed by atoms with Crippen molar-refractivity contribution in [2.45, 2.75) is 31.7 Å². The normalized spacial score (nSPS) is 16.8. The van der Waals surface area contributed by atoms with Crippen molar-refractivity contribution >= 4 is 38.9 Å². The molecule has 0 aromatic heterocycles. The first-order valence-corrected chi connectivity index (χ1v) is 13.1. The Hall–Kier alpha value is -2.94. The molecular formula is C26H27ClFN3O3S. The molecule has 1 fully saturated rings. The van der Waals surface area contributed by atoms with Gasteiger partial charge < -0.3 is 10.2 Å². The summed E-state index contributed by atoms with van der Waals surface area (Å²) >= 11 is 6.10. The van der Waals surface area contributed by atoms with E-state index in [1.165, 1.54) is 10.4 Å². The number of sulfonamides is 1. The monoisotopic (exact) mass is 515 g/mol. The van der Waals surface area contributed by atoms with Crippen LogP contribution in [-0.4, -0.2) is 44.3 Å². The van der Waals surface area contributed by atoms with Gasteiger partial charge in [0.2, 0.25) is 10.0 Å². The number of piperazine rings is 1. The second kappa shape index (κ2) is 9.97. The lowest BCUT2D eigenvalue weighted by Gasteiger charge is -2.40. The van der Waals surface area contributed by atoms with Crippen molar-refractivity contribution in [1.82, 2.24) is 4.31 Å². The van der Waals surface area contributed by atoms with Gasteiger partial charge in [0.1, 0.15) is 5.82 Å². The number of carbonyl (C=O) groups excluding carboxylic acids is 1. The van der Waals surface area contributed by atoms with Crippen molar-refractivity contribution in [3.8, 4) is 0 Å². The standard InChI is InChI=1S/C26H27ClFN3O3S/c1-17-6-4-7-20(14-17)31-13-12-30(16-18(31)2)35(33,34)21-10-11-24(28)22(15-21)26(32)29-25-9-5-8-23(27)19(25)3/h4-11,14-15,18H,12-13,16H2,1-3H3,(H,29,32)/t18-/m0/s1. The van der Waals surface area contributed by atoms with Crippen LogP contribution in [0.1, 0.15) is 28.4 Å². The minimum Gasteiger partial charge on any atom is -0.366 e. The summed E-state index contributed by atoms with van der Waals surface area (Å²) in [6.45, 7) is 6.79. The minimum absolute atomic E-state index is 0.0608. The van der Waals surface area contributed by atoms with Gasteiger partial charge in [-0.3, -0.25) is 4.79 Å². The Balaban J connectivity index is 1.55. The molecule has 1 atom stereocenters. The molecule has 3 aromatic carbocycles. The zero-order valence-corrected chi connectivity index (χ0v) is 21.3. The fraction of sp³-hybridized carbons (Fsp3) is 0.269. The van der Waals surface area contributed by atoms with Crippen LogP contribution in [0.5, 0.6) is 0 Å². The van der Waals surface area contributed by atoms with Crippen LogP contribution in [0.3, 0.4) is 0 Å². The highest BCUT2D eigenvalue weighted by molar-refractivity contribution is 7.89. The van der Waals surface area contributed by atoms with Gasteiger partial charge in [-0.25, -0.2) is 12.8 Å². The first-order valence-electron chi connectivity index (χ1n) is 11.3. The smallest absolute Gasteiger partial charge is 0.258 e. The Morgan fingerprint density at radius 3 is 2.51 bits per heavy atom. The lowest BCUT2D eigenvalue weighted by Crippen LogP contribution is -2.53.